The third-order valence-corrected chi connectivity index (χ3v) is 4.78. The van der Waals surface area contributed by atoms with Crippen LogP contribution in [0.25, 0.3) is 0 Å². The predicted octanol–water partition coefficient (Wildman–Crippen LogP) is 1.07. The third-order valence-electron chi connectivity index (χ3n) is 3.11. The SMILES string of the molecule is CCC1C(C)SCC[N+]1(C)C.COS(=O)(=O)[O-]. The minimum Gasteiger partial charge on any atom is -0.726 e. The molecule has 1 fully saturated rings. The van der Waals surface area contributed by atoms with E-state index in [4.69, 9.17) is 0 Å². The molecule has 1 rings (SSSR count). The zero-order chi connectivity index (χ0) is 13.7. The Bertz CT molecular complexity index is 316. The Hall–Kier alpha value is 0.180. The molecule has 0 N–H and O–H groups in total. The van der Waals surface area contributed by atoms with Crippen molar-refractivity contribution in [2.45, 2.75) is 31.6 Å². The minimum atomic E-state index is -4.41. The molecule has 0 aromatic carbocycles. The van der Waals surface area contributed by atoms with Crippen LogP contribution in [0, 0.1) is 0 Å². The van der Waals surface area contributed by atoms with Crippen LogP contribution in [0.2, 0.25) is 0 Å². The molecule has 0 radical (unpaired) electrons. The largest absolute Gasteiger partial charge is 0.726 e. The molecule has 0 aliphatic carbocycles. The second kappa shape index (κ2) is 6.94. The lowest BCUT2D eigenvalue weighted by molar-refractivity contribution is -0.913. The van der Waals surface area contributed by atoms with E-state index >= 15 is 0 Å². The third kappa shape index (κ3) is 6.61. The van der Waals surface area contributed by atoms with Gasteiger partial charge in [0, 0.05) is 5.75 Å². The molecule has 5 nitrogen and oxygen atoms in total. The number of quaternary nitrogens is 1. The van der Waals surface area contributed by atoms with Gasteiger partial charge in [0.15, 0.2) is 0 Å². The summed E-state index contributed by atoms with van der Waals surface area (Å²) in [6.45, 7) is 6.03. The summed E-state index contributed by atoms with van der Waals surface area (Å²) in [6, 6.07) is 0.869. The summed E-state index contributed by atoms with van der Waals surface area (Å²) in [6.07, 6.45) is 1.32. The monoisotopic (exact) mass is 285 g/mol. The Morgan fingerprint density at radius 2 is 1.94 bits per heavy atom. The first-order valence-corrected chi connectivity index (χ1v) is 7.98. The molecule has 1 aliphatic rings. The van der Waals surface area contributed by atoms with Crippen molar-refractivity contribution in [3.05, 3.63) is 0 Å². The van der Waals surface area contributed by atoms with Gasteiger partial charge in [-0.3, -0.25) is 4.18 Å². The standard InChI is InChI=1S/C9H20NS.CH4O4S/c1-5-9-8(2)11-7-6-10(9,3)4;1-5-6(2,3)4/h8-9H,5-7H2,1-4H3;1H3,(H,2,3,4)/q+1;/p-1. The molecule has 1 aliphatic heterocycles. The summed E-state index contributed by atoms with van der Waals surface area (Å²) >= 11 is 2.14. The first-order valence-electron chi connectivity index (χ1n) is 5.59. The van der Waals surface area contributed by atoms with E-state index in [-0.39, 0.29) is 0 Å². The van der Waals surface area contributed by atoms with Gasteiger partial charge in [0.25, 0.3) is 0 Å². The Labute approximate surface area is 109 Å². The van der Waals surface area contributed by atoms with Crippen LogP contribution in [-0.2, 0) is 14.6 Å². The first-order chi connectivity index (χ1) is 7.64. The summed E-state index contributed by atoms with van der Waals surface area (Å²) in [5, 5.41) is 0.851. The molecule has 2 unspecified atom stereocenters. The maximum Gasteiger partial charge on any atom is 0.217 e. The summed E-state index contributed by atoms with van der Waals surface area (Å²) in [4.78, 5) is 0. The molecule has 1 saturated heterocycles. The second-order valence-electron chi connectivity index (χ2n) is 4.63. The van der Waals surface area contributed by atoms with Gasteiger partial charge in [-0.2, -0.15) is 0 Å². The van der Waals surface area contributed by atoms with Crippen molar-refractivity contribution in [3.8, 4) is 0 Å². The van der Waals surface area contributed by atoms with Gasteiger partial charge in [0.1, 0.15) is 6.04 Å². The molecule has 0 amide bonds. The Morgan fingerprint density at radius 3 is 2.18 bits per heavy atom. The van der Waals surface area contributed by atoms with Crippen molar-refractivity contribution in [2.75, 3.05) is 33.5 Å². The van der Waals surface area contributed by atoms with E-state index in [2.05, 4.69) is 43.9 Å². The fraction of sp³-hybridized carbons (Fsp3) is 1.00. The number of rotatable bonds is 2. The normalized spacial score (nSPS) is 28.1. The van der Waals surface area contributed by atoms with E-state index in [0.29, 0.717) is 0 Å². The van der Waals surface area contributed by atoms with Crippen molar-refractivity contribution >= 4 is 22.2 Å². The van der Waals surface area contributed by atoms with Crippen molar-refractivity contribution in [3.63, 3.8) is 0 Å². The van der Waals surface area contributed by atoms with Crippen LogP contribution in [0.15, 0.2) is 0 Å². The lowest BCUT2D eigenvalue weighted by Crippen LogP contribution is -2.56. The zero-order valence-electron chi connectivity index (χ0n) is 11.2. The number of thioether (sulfide) groups is 1. The van der Waals surface area contributed by atoms with Crippen molar-refractivity contribution in [1.82, 2.24) is 0 Å². The van der Waals surface area contributed by atoms with E-state index in [9.17, 15) is 13.0 Å². The lowest BCUT2D eigenvalue weighted by Gasteiger charge is -2.44. The Morgan fingerprint density at radius 1 is 1.47 bits per heavy atom. The lowest BCUT2D eigenvalue weighted by atomic mass is 10.1. The van der Waals surface area contributed by atoms with Crippen molar-refractivity contribution in [1.29, 1.82) is 0 Å². The van der Waals surface area contributed by atoms with E-state index in [1.165, 1.54) is 23.2 Å². The van der Waals surface area contributed by atoms with E-state index < -0.39 is 10.4 Å². The molecule has 0 bridgehead atoms. The van der Waals surface area contributed by atoms with Gasteiger partial charge < -0.3 is 9.04 Å². The second-order valence-corrected chi connectivity index (χ2v) is 7.26. The van der Waals surface area contributed by atoms with Crippen LogP contribution < -0.4 is 0 Å². The molecule has 0 aromatic heterocycles. The van der Waals surface area contributed by atoms with Crippen LogP contribution in [0.4, 0.5) is 0 Å². The van der Waals surface area contributed by atoms with Gasteiger partial charge in [-0.1, -0.05) is 6.92 Å². The topological polar surface area (TPSA) is 66.4 Å². The Balaban J connectivity index is 0.000000366. The van der Waals surface area contributed by atoms with Crippen LogP contribution in [0.1, 0.15) is 20.3 Å². The molecular weight excluding hydrogens is 262 g/mol. The maximum absolute atomic E-state index is 9.22. The van der Waals surface area contributed by atoms with Gasteiger partial charge in [-0.25, -0.2) is 8.42 Å². The van der Waals surface area contributed by atoms with Crippen molar-refractivity contribution in [2.24, 2.45) is 0 Å². The van der Waals surface area contributed by atoms with E-state index in [1.807, 2.05) is 0 Å². The highest BCUT2D eigenvalue weighted by atomic mass is 32.3. The summed E-state index contributed by atoms with van der Waals surface area (Å²) in [5.74, 6) is 1.34. The molecular formula is C10H23NO4S2. The van der Waals surface area contributed by atoms with Gasteiger partial charge in [-0.15, -0.1) is 11.8 Å². The predicted molar refractivity (Wildman–Crippen MR) is 69.7 cm³/mol. The first kappa shape index (κ1) is 17.2. The molecule has 104 valence electrons. The number of nitrogens with zero attached hydrogens (tertiary/aromatic N) is 1. The Kier molecular flexibility index (Phi) is 7.01. The van der Waals surface area contributed by atoms with E-state index in [1.54, 1.807) is 0 Å². The average molecular weight is 285 g/mol. The molecule has 0 aromatic rings. The molecule has 0 spiro atoms. The van der Waals surface area contributed by atoms with Crippen molar-refractivity contribution < 1.29 is 21.6 Å². The molecule has 7 heteroatoms. The average Bonchev–Trinajstić information content (AvgIpc) is 2.16. The van der Waals surface area contributed by atoms with Gasteiger partial charge >= 0.3 is 0 Å². The fourth-order valence-electron chi connectivity index (χ4n) is 2.15. The highest BCUT2D eigenvalue weighted by molar-refractivity contribution is 8.00. The molecule has 1 heterocycles. The van der Waals surface area contributed by atoms with Crippen LogP contribution >= 0.6 is 11.8 Å². The molecule has 2 atom stereocenters. The van der Waals surface area contributed by atoms with Crippen LogP contribution in [0.5, 0.6) is 0 Å². The highest BCUT2D eigenvalue weighted by Gasteiger charge is 2.35. The van der Waals surface area contributed by atoms with Gasteiger partial charge in [-0.05, 0) is 13.3 Å². The smallest absolute Gasteiger partial charge is 0.217 e. The summed E-state index contributed by atoms with van der Waals surface area (Å²) in [5.41, 5.74) is 0. The van der Waals surface area contributed by atoms with Gasteiger partial charge in [0.05, 0.1) is 33.0 Å². The summed E-state index contributed by atoms with van der Waals surface area (Å²) in [7, 11) is 1.13. The van der Waals surface area contributed by atoms with Crippen LogP contribution in [0.3, 0.4) is 0 Å². The zero-order valence-corrected chi connectivity index (χ0v) is 12.8. The van der Waals surface area contributed by atoms with E-state index in [0.717, 1.165) is 18.4 Å². The highest BCUT2D eigenvalue weighted by Crippen LogP contribution is 2.29. The molecule has 0 saturated carbocycles. The fourth-order valence-corrected chi connectivity index (χ4v) is 3.84. The van der Waals surface area contributed by atoms with Crippen LogP contribution in [-0.4, -0.2) is 62.2 Å². The van der Waals surface area contributed by atoms with Gasteiger partial charge in [0.2, 0.25) is 10.4 Å². The minimum absolute atomic E-state index is 0.808. The number of hydrogen-bond acceptors (Lipinski definition) is 5. The summed E-state index contributed by atoms with van der Waals surface area (Å²) < 4.78 is 32.2. The number of hydrogen-bond donors (Lipinski definition) is 0. The quantitative estimate of drug-likeness (QED) is 0.431. The molecule has 17 heavy (non-hydrogen) atoms. The maximum atomic E-state index is 9.22.